The monoisotopic (exact) mass is 292 g/mol. The van der Waals surface area contributed by atoms with Crippen LogP contribution in [0.4, 0.5) is 0 Å². The van der Waals surface area contributed by atoms with Crippen LogP contribution in [0.5, 0.6) is 0 Å². The average Bonchev–Trinajstić information content (AvgIpc) is 2.94. The Labute approximate surface area is 105 Å². The van der Waals surface area contributed by atoms with E-state index in [0.717, 1.165) is 32.5 Å². The van der Waals surface area contributed by atoms with E-state index in [4.69, 9.17) is 10.2 Å². The highest BCUT2D eigenvalue weighted by molar-refractivity contribution is 9.10. The Morgan fingerprint density at radius 2 is 2.29 bits per heavy atom. The van der Waals surface area contributed by atoms with Crippen LogP contribution in [0.1, 0.15) is 5.69 Å². The van der Waals surface area contributed by atoms with E-state index in [0.29, 0.717) is 6.54 Å². The molecule has 5 nitrogen and oxygen atoms in total. The molecule has 3 N–H and O–H groups in total. The van der Waals surface area contributed by atoms with Crippen LogP contribution >= 0.6 is 15.9 Å². The molecule has 2 aromatic heterocycles. The maximum absolute atomic E-state index is 5.59. The molecule has 0 aliphatic rings. The first-order valence-electron chi connectivity index (χ1n) is 5.06. The summed E-state index contributed by atoms with van der Waals surface area (Å²) >= 11 is 3.48. The molecule has 0 saturated heterocycles. The molecule has 1 aromatic carbocycles. The van der Waals surface area contributed by atoms with Gasteiger partial charge in [0.15, 0.2) is 12.0 Å². The van der Waals surface area contributed by atoms with Crippen molar-refractivity contribution in [2.45, 2.75) is 6.54 Å². The van der Waals surface area contributed by atoms with Crippen molar-refractivity contribution in [2.75, 3.05) is 0 Å². The molecule has 0 amide bonds. The van der Waals surface area contributed by atoms with Gasteiger partial charge in [0.25, 0.3) is 0 Å². The Morgan fingerprint density at radius 3 is 3.06 bits per heavy atom. The molecule has 0 radical (unpaired) electrons. The van der Waals surface area contributed by atoms with Gasteiger partial charge in [0.05, 0.1) is 10.2 Å². The van der Waals surface area contributed by atoms with Crippen LogP contribution < -0.4 is 5.73 Å². The summed E-state index contributed by atoms with van der Waals surface area (Å²) in [5.41, 5.74) is 9.81. The second-order valence-electron chi connectivity index (χ2n) is 3.60. The molecule has 0 atom stereocenters. The quantitative estimate of drug-likeness (QED) is 0.760. The number of oxazole rings is 1. The zero-order valence-corrected chi connectivity index (χ0v) is 10.4. The highest BCUT2D eigenvalue weighted by Gasteiger charge is 2.12. The summed E-state index contributed by atoms with van der Waals surface area (Å²) in [5, 5.41) is 7.13. The first kappa shape index (κ1) is 10.5. The molecule has 0 aliphatic carbocycles. The van der Waals surface area contributed by atoms with E-state index in [1.807, 2.05) is 18.2 Å². The number of fused-ring (bicyclic) bond motifs is 1. The van der Waals surface area contributed by atoms with Crippen LogP contribution in [0.25, 0.3) is 22.4 Å². The van der Waals surface area contributed by atoms with Crippen LogP contribution in [0, 0.1) is 0 Å². The number of aromatic amines is 1. The van der Waals surface area contributed by atoms with Crippen molar-refractivity contribution in [3.63, 3.8) is 0 Å². The number of halogens is 1. The van der Waals surface area contributed by atoms with E-state index in [1.165, 1.54) is 6.39 Å². The smallest absolute Gasteiger partial charge is 0.181 e. The number of nitrogens with zero attached hydrogens (tertiary/aromatic N) is 2. The van der Waals surface area contributed by atoms with Gasteiger partial charge in [-0.3, -0.25) is 5.10 Å². The average molecular weight is 293 g/mol. The number of H-pyrrole nitrogens is 1. The number of rotatable bonds is 2. The van der Waals surface area contributed by atoms with Gasteiger partial charge in [0.1, 0.15) is 11.2 Å². The summed E-state index contributed by atoms with van der Waals surface area (Å²) in [7, 11) is 0. The summed E-state index contributed by atoms with van der Waals surface area (Å²) in [6.07, 6.45) is 1.43. The molecule has 0 fully saturated rings. The second kappa shape index (κ2) is 3.97. The number of nitrogens with one attached hydrogen (secondary N) is 1. The number of aromatic nitrogens is 3. The van der Waals surface area contributed by atoms with E-state index >= 15 is 0 Å². The van der Waals surface area contributed by atoms with Gasteiger partial charge in [-0.25, -0.2) is 4.98 Å². The minimum absolute atomic E-state index is 0.415. The van der Waals surface area contributed by atoms with Crippen molar-refractivity contribution in [2.24, 2.45) is 5.73 Å². The predicted octanol–water partition coefficient (Wildman–Crippen LogP) is 2.44. The predicted molar refractivity (Wildman–Crippen MR) is 67.2 cm³/mol. The van der Waals surface area contributed by atoms with E-state index in [2.05, 4.69) is 31.1 Å². The zero-order valence-electron chi connectivity index (χ0n) is 8.77. The van der Waals surface area contributed by atoms with Crippen LogP contribution in [-0.2, 0) is 6.54 Å². The Kier molecular flexibility index (Phi) is 2.45. The fraction of sp³-hybridized carbons (Fsp3) is 0.0909. The first-order chi connectivity index (χ1) is 8.29. The summed E-state index contributed by atoms with van der Waals surface area (Å²) < 4.78 is 6.15. The lowest BCUT2D eigenvalue weighted by atomic mass is 10.1. The summed E-state index contributed by atoms with van der Waals surface area (Å²) in [6.45, 7) is 0.415. The molecule has 0 bridgehead atoms. The van der Waals surface area contributed by atoms with Crippen molar-refractivity contribution < 1.29 is 4.42 Å². The number of benzene rings is 1. The highest BCUT2D eigenvalue weighted by Crippen LogP contribution is 2.30. The maximum atomic E-state index is 5.59. The van der Waals surface area contributed by atoms with Crippen molar-refractivity contribution >= 4 is 27.0 Å². The standard InChI is InChI=1S/C11H9BrN4O/c12-10-8(4-13)15-16-11(10)6-1-2-7-9(3-6)17-5-14-7/h1-3,5H,4,13H2,(H,15,16). The molecule has 86 valence electrons. The molecule has 17 heavy (non-hydrogen) atoms. The minimum Gasteiger partial charge on any atom is -0.443 e. The topological polar surface area (TPSA) is 80.7 Å². The third kappa shape index (κ3) is 1.65. The van der Waals surface area contributed by atoms with Gasteiger partial charge in [-0.15, -0.1) is 0 Å². The molecule has 3 aromatic rings. The van der Waals surface area contributed by atoms with E-state index in [9.17, 15) is 0 Å². The van der Waals surface area contributed by atoms with Crippen LogP contribution in [0.15, 0.2) is 33.5 Å². The first-order valence-corrected chi connectivity index (χ1v) is 5.85. The summed E-state index contributed by atoms with van der Waals surface area (Å²) in [5.74, 6) is 0. The van der Waals surface area contributed by atoms with Crippen molar-refractivity contribution in [3.8, 4) is 11.3 Å². The normalized spacial score (nSPS) is 11.2. The van der Waals surface area contributed by atoms with Gasteiger partial charge in [-0.05, 0) is 28.1 Å². The molecular formula is C11H9BrN4O. The number of nitrogens with two attached hydrogens (primary N) is 1. The van der Waals surface area contributed by atoms with Gasteiger partial charge in [0, 0.05) is 12.1 Å². The van der Waals surface area contributed by atoms with E-state index < -0.39 is 0 Å². The molecule has 3 rings (SSSR count). The number of hydrogen-bond acceptors (Lipinski definition) is 4. The summed E-state index contributed by atoms with van der Waals surface area (Å²) in [6, 6.07) is 5.76. The van der Waals surface area contributed by atoms with Crippen LogP contribution in [0.2, 0.25) is 0 Å². The maximum Gasteiger partial charge on any atom is 0.181 e. The van der Waals surface area contributed by atoms with Gasteiger partial charge in [-0.2, -0.15) is 5.10 Å². The molecule has 0 aliphatic heterocycles. The molecule has 2 heterocycles. The molecule has 6 heteroatoms. The lowest BCUT2D eigenvalue weighted by Gasteiger charge is -1.97. The Morgan fingerprint density at radius 1 is 1.41 bits per heavy atom. The van der Waals surface area contributed by atoms with Gasteiger partial charge < -0.3 is 10.2 Å². The fourth-order valence-corrected chi connectivity index (χ4v) is 2.26. The molecular weight excluding hydrogens is 284 g/mol. The largest absolute Gasteiger partial charge is 0.443 e. The van der Waals surface area contributed by atoms with E-state index in [1.54, 1.807) is 0 Å². The summed E-state index contributed by atoms with van der Waals surface area (Å²) in [4.78, 5) is 4.07. The molecule has 0 spiro atoms. The lowest BCUT2D eigenvalue weighted by Crippen LogP contribution is -1.96. The van der Waals surface area contributed by atoms with Gasteiger partial charge in [-0.1, -0.05) is 6.07 Å². The number of hydrogen-bond donors (Lipinski definition) is 2. The highest BCUT2D eigenvalue weighted by atomic mass is 79.9. The van der Waals surface area contributed by atoms with Crippen LogP contribution in [-0.4, -0.2) is 15.2 Å². The van der Waals surface area contributed by atoms with E-state index in [-0.39, 0.29) is 0 Å². The van der Waals surface area contributed by atoms with Gasteiger partial charge >= 0.3 is 0 Å². The van der Waals surface area contributed by atoms with Gasteiger partial charge in [0.2, 0.25) is 0 Å². The third-order valence-corrected chi connectivity index (χ3v) is 3.44. The molecule has 0 unspecified atom stereocenters. The molecule has 0 saturated carbocycles. The zero-order chi connectivity index (χ0) is 11.8. The lowest BCUT2D eigenvalue weighted by molar-refractivity contribution is 0.602. The Balaban J connectivity index is 2.16. The SMILES string of the molecule is NCc1[nH]nc(-c2ccc3ncoc3c2)c1Br. The van der Waals surface area contributed by atoms with Crippen LogP contribution in [0.3, 0.4) is 0 Å². The second-order valence-corrected chi connectivity index (χ2v) is 4.40. The Bertz CT molecular complexity index is 673. The Hall–Kier alpha value is -1.66. The van der Waals surface area contributed by atoms with Crippen molar-refractivity contribution in [1.29, 1.82) is 0 Å². The third-order valence-electron chi connectivity index (χ3n) is 2.58. The fourth-order valence-electron chi connectivity index (χ4n) is 1.69. The minimum atomic E-state index is 0.415. The van der Waals surface area contributed by atoms with Crippen molar-refractivity contribution in [1.82, 2.24) is 15.2 Å². The van der Waals surface area contributed by atoms with Crippen molar-refractivity contribution in [3.05, 3.63) is 34.8 Å².